The summed E-state index contributed by atoms with van der Waals surface area (Å²) in [4.78, 5) is 12.5. The highest BCUT2D eigenvalue weighted by Crippen LogP contribution is 2.15. The smallest absolute Gasteiger partial charge is 0.255 e. The number of aryl methyl sites for hydroxylation is 1. The monoisotopic (exact) mass is 376 g/mol. The number of methoxy groups -OCH3 is 1. The number of hydrogen-bond donors (Lipinski definition) is 2. The Balaban J connectivity index is 2.08. The number of benzene rings is 2. The summed E-state index contributed by atoms with van der Waals surface area (Å²) in [5, 5.41) is 2.78. The molecule has 2 aromatic carbocycles. The van der Waals surface area contributed by atoms with E-state index >= 15 is 0 Å². The molecule has 26 heavy (non-hydrogen) atoms. The van der Waals surface area contributed by atoms with Crippen LogP contribution in [-0.2, 0) is 21.2 Å². The summed E-state index contributed by atoms with van der Waals surface area (Å²) in [6, 6.07) is 13.5. The van der Waals surface area contributed by atoms with Gasteiger partial charge in [-0.1, -0.05) is 25.1 Å². The third kappa shape index (κ3) is 5.66. The quantitative estimate of drug-likeness (QED) is 0.659. The summed E-state index contributed by atoms with van der Waals surface area (Å²) in [5.41, 5.74) is 2.12. The van der Waals surface area contributed by atoms with Crippen LogP contribution < -0.4 is 10.0 Å². The summed E-state index contributed by atoms with van der Waals surface area (Å²) < 4.78 is 32.0. The Morgan fingerprint density at radius 2 is 1.85 bits per heavy atom. The SMILES string of the molecule is CCc1ccc(NC(=O)c2cccc(S(=O)(=O)NCCCOC)c2)cc1. The largest absolute Gasteiger partial charge is 0.385 e. The summed E-state index contributed by atoms with van der Waals surface area (Å²) >= 11 is 0. The predicted molar refractivity (Wildman–Crippen MR) is 102 cm³/mol. The van der Waals surface area contributed by atoms with Gasteiger partial charge in [0.2, 0.25) is 10.0 Å². The minimum atomic E-state index is -3.66. The normalized spacial score (nSPS) is 11.3. The van der Waals surface area contributed by atoms with Crippen molar-refractivity contribution in [2.45, 2.75) is 24.7 Å². The summed E-state index contributed by atoms with van der Waals surface area (Å²) in [5.74, 6) is -0.356. The van der Waals surface area contributed by atoms with Gasteiger partial charge in [-0.25, -0.2) is 13.1 Å². The van der Waals surface area contributed by atoms with Crippen LogP contribution in [0.1, 0.15) is 29.3 Å². The molecule has 0 saturated heterocycles. The van der Waals surface area contributed by atoms with Crippen molar-refractivity contribution in [2.75, 3.05) is 25.6 Å². The van der Waals surface area contributed by atoms with E-state index in [1.54, 1.807) is 19.2 Å². The average Bonchev–Trinajstić information content (AvgIpc) is 2.66. The van der Waals surface area contributed by atoms with Gasteiger partial charge in [0, 0.05) is 31.5 Å². The van der Waals surface area contributed by atoms with Crippen LogP contribution in [0.25, 0.3) is 0 Å². The summed E-state index contributed by atoms with van der Waals surface area (Å²) in [6.07, 6.45) is 1.50. The van der Waals surface area contributed by atoms with Crippen LogP contribution >= 0.6 is 0 Å². The third-order valence-corrected chi connectivity index (χ3v) is 5.30. The van der Waals surface area contributed by atoms with Gasteiger partial charge in [-0.05, 0) is 48.7 Å². The van der Waals surface area contributed by atoms with Crippen LogP contribution in [0.15, 0.2) is 53.4 Å². The van der Waals surface area contributed by atoms with Crippen molar-refractivity contribution in [1.82, 2.24) is 4.72 Å². The Bertz CT molecular complexity index is 833. The van der Waals surface area contributed by atoms with Crippen LogP contribution in [0.4, 0.5) is 5.69 Å². The molecule has 0 aliphatic carbocycles. The Kier molecular flexibility index (Phi) is 7.32. The molecule has 0 bridgehead atoms. The molecule has 0 heterocycles. The van der Waals surface area contributed by atoms with Gasteiger partial charge >= 0.3 is 0 Å². The zero-order chi connectivity index (χ0) is 19.0. The van der Waals surface area contributed by atoms with Crippen molar-refractivity contribution in [3.05, 3.63) is 59.7 Å². The van der Waals surface area contributed by atoms with Crippen LogP contribution in [0.3, 0.4) is 0 Å². The second kappa shape index (κ2) is 9.47. The molecule has 2 N–H and O–H groups in total. The van der Waals surface area contributed by atoms with E-state index in [0.717, 1.165) is 6.42 Å². The average molecular weight is 376 g/mol. The van der Waals surface area contributed by atoms with Crippen LogP contribution in [0, 0.1) is 0 Å². The molecule has 7 heteroatoms. The molecule has 0 aliphatic heterocycles. The minimum absolute atomic E-state index is 0.0592. The van der Waals surface area contributed by atoms with E-state index < -0.39 is 10.0 Å². The molecule has 6 nitrogen and oxygen atoms in total. The maximum atomic E-state index is 12.4. The number of hydrogen-bond acceptors (Lipinski definition) is 4. The molecular formula is C19H24N2O4S. The summed E-state index contributed by atoms with van der Waals surface area (Å²) in [7, 11) is -2.10. The lowest BCUT2D eigenvalue weighted by atomic mass is 10.1. The Morgan fingerprint density at radius 3 is 2.50 bits per heavy atom. The lowest BCUT2D eigenvalue weighted by molar-refractivity contribution is 0.102. The standard InChI is InChI=1S/C19H24N2O4S/c1-3-15-8-10-17(11-9-15)21-19(22)16-6-4-7-18(14-16)26(23,24)20-12-5-13-25-2/h4,6-11,14,20H,3,5,12-13H2,1-2H3,(H,21,22). The number of amides is 1. The number of rotatable bonds is 9. The number of carbonyl (C=O) groups excluding carboxylic acids is 1. The molecule has 1 amide bonds. The van der Waals surface area contributed by atoms with Crippen molar-refractivity contribution in [3.8, 4) is 0 Å². The molecule has 0 spiro atoms. The molecule has 0 aromatic heterocycles. The van der Waals surface area contributed by atoms with Crippen molar-refractivity contribution >= 4 is 21.6 Å². The minimum Gasteiger partial charge on any atom is -0.385 e. The molecule has 0 aliphatic rings. The van der Waals surface area contributed by atoms with E-state index in [-0.39, 0.29) is 22.9 Å². The zero-order valence-electron chi connectivity index (χ0n) is 15.0. The van der Waals surface area contributed by atoms with Crippen molar-refractivity contribution in [2.24, 2.45) is 0 Å². The Labute approximate surface area is 154 Å². The first kappa shape index (κ1) is 20.1. The fraction of sp³-hybridized carbons (Fsp3) is 0.316. The van der Waals surface area contributed by atoms with Gasteiger partial charge in [-0.15, -0.1) is 0 Å². The second-order valence-corrected chi connectivity index (χ2v) is 7.54. The van der Waals surface area contributed by atoms with E-state index in [9.17, 15) is 13.2 Å². The maximum Gasteiger partial charge on any atom is 0.255 e. The van der Waals surface area contributed by atoms with Gasteiger partial charge in [-0.3, -0.25) is 4.79 Å². The number of carbonyl (C=O) groups is 1. The number of ether oxygens (including phenoxy) is 1. The van der Waals surface area contributed by atoms with Gasteiger partial charge in [0.05, 0.1) is 4.90 Å². The zero-order valence-corrected chi connectivity index (χ0v) is 15.8. The van der Waals surface area contributed by atoms with Crippen molar-refractivity contribution < 1.29 is 17.9 Å². The molecule has 0 atom stereocenters. The van der Waals surface area contributed by atoms with Crippen LogP contribution in [-0.4, -0.2) is 34.6 Å². The number of sulfonamides is 1. The van der Waals surface area contributed by atoms with Crippen molar-refractivity contribution in [1.29, 1.82) is 0 Å². The van der Waals surface area contributed by atoms with Gasteiger partial charge in [0.15, 0.2) is 0 Å². The molecule has 2 rings (SSSR count). The maximum absolute atomic E-state index is 12.4. The highest BCUT2D eigenvalue weighted by molar-refractivity contribution is 7.89. The predicted octanol–water partition coefficient (Wildman–Crippen LogP) is 2.82. The van der Waals surface area contributed by atoms with Crippen LogP contribution in [0.5, 0.6) is 0 Å². The van der Waals surface area contributed by atoms with E-state index in [4.69, 9.17) is 4.74 Å². The lowest BCUT2D eigenvalue weighted by Crippen LogP contribution is -2.26. The third-order valence-electron chi connectivity index (χ3n) is 3.84. The summed E-state index contributed by atoms with van der Waals surface area (Å²) in [6.45, 7) is 2.81. The van der Waals surface area contributed by atoms with E-state index in [1.807, 2.05) is 24.3 Å². The van der Waals surface area contributed by atoms with Gasteiger partial charge in [-0.2, -0.15) is 0 Å². The topological polar surface area (TPSA) is 84.5 Å². The Hall–Kier alpha value is -2.22. The molecule has 2 aromatic rings. The highest BCUT2D eigenvalue weighted by Gasteiger charge is 2.16. The molecule has 0 saturated carbocycles. The van der Waals surface area contributed by atoms with Gasteiger partial charge in [0.25, 0.3) is 5.91 Å². The van der Waals surface area contributed by atoms with Crippen LogP contribution in [0.2, 0.25) is 0 Å². The number of nitrogens with one attached hydrogen (secondary N) is 2. The van der Waals surface area contributed by atoms with E-state index in [2.05, 4.69) is 17.0 Å². The first-order valence-corrected chi connectivity index (χ1v) is 9.93. The van der Waals surface area contributed by atoms with E-state index in [1.165, 1.54) is 17.7 Å². The second-order valence-electron chi connectivity index (χ2n) is 5.78. The molecule has 0 fully saturated rings. The molecular weight excluding hydrogens is 352 g/mol. The first-order valence-electron chi connectivity index (χ1n) is 8.45. The van der Waals surface area contributed by atoms with Gasteiger partial charge < -0.3 is 10.1 Å². The first-order chi connectivity index (χ1) is 12.5. The Morgan fingerprint density at radius 1 is 1.12 bits per heavy atom. The molecule has 0 radical (unpaired) electrons. The number of anilines is 1. The van der Waals surface area contributed by atoms with Crippen molar-refractivity contribution in [3.63, 3.8) is 0 Å². The van der Waals surface area contributed by atoms with E-state index in [0.29, 0.717) is 18.7 Å². The molecule has 140 valence electrons. The lowest BCUT2D eigenvalue weighted by Gasteiger charge is -2.09. The fourth-order valence-electron chi connectivity index (χ4n) is 2.34. The van der Waals surface area contributed by atoms with Gasteiger partial charge in [0.1, 0.15) is 0 Å². The molecule has 0 unspecified atom stereocenters. The fourth-order valence-corrected chi connectivity index (χ4v) is 3.46. The highest BCUT2D eigenvalue weighted by atomic mass is 32.2.